The molecule has 4 amide bonds. The first kappa shape index (κ1) is 31.7. The number of nitrogens with one attached hydrogen (secondary N) is 1. The molecule has 1 unspecified atom stereocenters. The third-order valence-electron chi connectivity index (χ3n) is 9.97. The minimum atomic E-state index is -0.970. The molecule has 3 heterocycles. The topological polar surface area (TPSA) is 106 Å². The summed E-state index contributed by atoms with van der Waals surface area (Å²) in [5, 5.41) is 13.0. The molecule has 3 aliphatic heterocycles. The van der Waals surface area contributed by atoms with E-state index >= 15 is 0 Å². The Morgan fingerprint density at radius 1 is 0.889 bits per heavy atom. The van der Waals surface area contributed by atoms with Crippen LogP contribution in [0.2, 0.25) is 0 Å². The van der Waals surface area contributed by atoms with Gasteiger partial charge < -0.3 is 29.9 Å². The van der Waals surface area contributed by atoms with Crippen molar-refractivity contribution in [3.8, 4) is 5.75 Å². The molecule has 0 aromatic heterocycles. The Labute approximate surface area is 273 Å². The minimum absolute atomic E-state index is 0.0237. The lowest BCUT2D eigenvalue weighted by atomic mass is 9.94. The second-order valence-electron chi connectivity index (χ2n) is 12.8. The summed E-state index contributed by atoms with van der Waals surface area (Å²) >= 11 is 3.36. The summed E-state index contributed by atoms with van der Waals surface area (Å²) in [4.78, 5) is 48.3. The Balaban J connectivity index is 1.07. The van der Waals surface area contributed by atoms with E-state index in [1.54, 1.807) is 23.1 Å². The fourth-order valence-electron chi connectivity index (χ4n) is 7.32. The fourth-order valence-corrected chi connectivity index (χ4v) is 7.75. The second kappa shape index (κ2) is 14.4. The number of phenols is 1. The van der Waals surface area contributed by atoms with Crippen molar-refractivity contribution in [2.24, 2.45) is 0 Å². The van der Waals surface area contributed by atoms with Crippen LogP contribution in [0.5, 0.6) is 5.75 Å². The maximum absolute atomic E-state index is 13.9. The number of hydrogen-bond acceptors (Lipinski definition) is 6. The molecular weight excluding hydrogens is 638 g/mol. The number of hydrogen-bond donors (Lipinski definition) is 2. The number of para-hydroxylation sites is 1. The van der Waals surface area contributed by atoms with E-state index in [0.29, 0.717) is 56.1 Å². The Kier molecular flexibility index (Phi) is 10.1. The molecule has 0 radical (unpaired) electrons. The highest BCUT2D eigenvalue weighted by molar-refractivity contribution is 9.10. The molecule has 10 nitrogen and oxygen atoms in total. The zero-order valence-corrected chi connectivity index (χ0v) is 27.4. The lowest BCUT2D eigenvalue weighted by molar-refractivity contribution is -0.143. The molecule has 11 heteroatoms. The zero-order valence-electron chi connectivity index (χ0n) is 25.8. The lowest BCUT2D eigenvalue weighted by Gasteiger charge is -2.41. The van der Waals surface area contributed by atoms with Gasteiger partial charge in [0, 0.05) is 70.0 Å². The van der Waals surface area contributed by atoms with Crippen LogP contribution in [0.1, 0.15) is 56.1 Å². The highest BCUT2D eigenvalue weighted by atomic mass is 79.9. The van der Waals surface area contributed by atoms with Crippen molar-refractivity contribution in [1.29, 1.82) is 0 Å². The van der Waals surface area contributed by atoms with E-state index in [4.69, 9.17) is 4.74 Å². The van der Waals surface area contributed by atoms with Crippen molar-refractivity contribution in [3.63, 3.8) is 0 Å². The number of carbonyl (C=O) groups excluding carboxylic acids is 3. The predicted octanol–water partition coefficient (Wildman–Crippen LogP) is 5.23. The number of benzene rings is 2. The van der Waals surface area contributed by atoms with Gasteiger partial charge in [-0.25, -0.2) is 9.59 Å². The van der Waals surface area contributed by atoms with Crippen molar-refractivity contribution >= 4 is 39.6 Å². The number of rotatable bonds is 6. The standard InChI is InChI=1S/C34H44BrN5O5/c35-28-22-24(10-11-30(28)41)23-31(32(42)38-20-18-37(19-21-38)26-7-2-1-3-8-26)45-34(44)39-15-13-27(14-16-39)40-17-12-25-6-4-5-9-29(25)36-33(40)43/h4-6,9-11,22,26-27,31,41H,1-3,7-8,12-21,23H2,(H,36,43). The molecule has 242 valence electrons. The van der Waals surface area contributed by atoms with Gasteiger partial charge in [-0.2, -0.15) is 0 Å². The van der Waals surface area contributed by atoms with Crippen molar-refractivity contribution in [3.05, 3.63) is 58.1 Å². The van der Waals surface area contributed by atoms with E-state index in [-0.39, 0.29) is 30.2 Å². The van der Waals surface area contributed by atoms with Crippen LogP contribution in [0.4, 0.5) is 15.3 Å². The first-order valence-corrected chi connectivity index (χ1v) is 17.3. The highest BCUT2D eigenvalue weighted by Gasteiger charge is 2.36. The fraction of sp³-hybridized carbons (Fsp3) is 0.559. The quantitative estimate of drug-likeness (QED) is 0.433. The van der Waals surface area contributed by atoms with Gasteiger partial charge in [0.15, 0.2) is 6.10 Å². The van der Waals surface area contributed by atoms with Crippen LogP contribution >= 0.6 is 15.9 Å². The highest BCUT2D eigenvalue weighted by Crippen LogP contribution is 2.28. The summed E-state index contributed by atoms with van der Waals surface area (Å²) in [6.07, 6.45) is 7.16. The Bertz CT molecular complexity index is 1370. The predicted molar refractivity (Wildman–Crippen MR) is 175 cm³/mol. The van der Waals surface area contributed by atoms with Crippen LogP contribution in [0, 0.1) is 0 Å². The number of piperidine rings is 1. The van der Waals surface area contributed by atoms with Crippen LogP contribution in [0.25, 0.3) is 0 Å². The molecule has 2 saturated heterocycles. The monoisotopic (exact) mass is 681 g/mol. The van der Waals surface area contributed by atoms with Gasteiger partial charge >= 0.3 is 12.1 Å². The normalized spacial score (nSPS) is 21.1. The lowest BCUT2D eigenvalue weighted by Crippen LogP contribution is -2.55. The van der Waals surface area contributed by atoms with Gasteiger partial charge in [0.05, 0.1) is 4.47 Å². The maximum atomic E-state index is 13.9. The van der Waals surface area contributed by atoms with Crippen LogP contribution in [0.15, 0.2) is 46.9 Å². The summed E-state index contributed by atoms with van der Waals surface area (Å²) in [5.74, 6) is -0.0613. The largest absolute Gasteiger partial charge is 0.507 e. The molecule has 2 aromatic carbocycles. The van der Waals surface area contributed by atoms with Gasteiger partial charge in [0.25, 0.3) is 5.91 Å². The molecule has 4 aliphatic rings. The summed E-state index contributed by atoms with van der Waals surface area (Å²) in [6.45, 7) is 4.45. The number of ether oxygens (including phenoxy) is 1. The summed E-state index contributed by atoms with van der Waals surface area (Å²) in [7, 11) is 0. The second-order valence-corrected chi connectivity index (χ2v) is 13.6. The van der Waals surface area contributed by atoms with Crippen molar-refractivity contribution in [1.82, 2.24) is 19.6 Å². The number of fused-ring (bicyclic) bond motifs is 1. The average molecular weight is 683 g/mol. The molecule has 45 heavy (non-hydrogen) atoms. The molecule has 6 rings (SSSR count). The molecular formula is C34H44BrN5O5. The summed E-state index contributed by atoms with van der Waals surface area (Å²) in [6, 6.07) is 13.5. The van der Waals surface area contributed by atoms with Crippen LogP contribution in [-0.4, -0.2) is 107 Å². The Morgan fingerprint density at radius 2 is 1.62 bits per heavy atom. The third-order valence-corrected chi connectivity index (χ3v) is 10.6. The molecule has 0 spiro atoms. The number of aromatic hydroxyl groups is 1. The number of carbonyl (C=O) groups is 3. The van der Waals surface area contributed by atoms with Gasteiger partial charge in [0.1, 0.15) is 5.75 Å². The Morgan fingerprint density at radius 3 is 2.36 bits per heavy atom. The Hall–Kier alpha value is -3.31. The maximum Gasteiger partial charge on any atom is 0.410 e. The summed E-state index contributed by atoms with van der Waals surface area (Å²) in [5.41, 5.74) is 2.78. The van der Waals surface area contributed by atoms with E-state index in [1.165, 1.54) is 32.1 Å². The number of phenolic OH excluding ortho intramolecular Hbond substituents is 1. The van der Waals surface area contributed by atoms with Crippen LogP contribution in [-0.2, 0) is 22.4 Å². The molecule has 2 N–H and O–H groups in total. The zero-order chi connectivity index (χ0) is 31.3. The number of halogens is 1. The van der Waals surface area contributed by atoms with E-state index in [9.17, 15) is 19.5 Å². The van der Waals surface area contributed by atoms with Crippen LogP contribution < -0.4 is 5.32 Å². The number of piperazine rings is 1. The third kappa shape index (κ3) is 7.57. The van der Waals surface area contributed by atoms with Gasteiger partial charge in [-0.15, -0.1) is 0 Å². The van der Waals surface area contributed by atoms with E-state index < -0.39 is 12.2 Å². The number of urea groups is 1. The molecule has 1 aliphatic carbocycles. The smallest absolute Gasteiger partial charge is 0.410 e. The number of amides is 4. The SMILES string of the molecule is O=C(OC(Cc1ccc(O)c(Br)c1)C(=O)N1CCN(C2CCCCC2)CC1)N1CCC(N2CCc3ccccc3NC2=O)CC1. The van der Waals surface area contributed by atoms with Crippen molar-refractivity contribution in [2.75, 3.05) is 51.1 Å². The number of likely N-dealkylation sites (tertiary alicyclic amines) is 1. The van der Waals surface area contributed by atoms with Crippen LogP contribution in [0.3, 0.4) is 0 Å². The van der Waals surface area contributed by atoms with Gasteiger partial charge in [0.2, 0.25) is 0 Å². The number of anilines is 1. The molecule has 3 fully saturated rings. The van der Waals surface area contributed by atoms with E-state index in [1.807, 2.05) is 34.1 Å². The van der Waals surface area contributed by atoms with Gasteiger partial charge in [-0.1, -0.05) is 43.5 Å². The number of nitrogens with zero attached hydrogens (tertiary/aromatic N) is 4. The van der Waals surface area contributed by atoms with Crippen molar-refractivity contribution < 1.29 is 24.2 Å². The molecule has 0 bridgehead atoms. The first-order valence-electron chi connectivity index (χ1n) is 16.5. The molecule has 2 aromatic rings. The van der Waals surface area contributed by atoms with E-state index in [0.717, 1.165) is 36.3 Å². The average Bonchev–Trinajstić information content (AvgIpc) is 3.24. The molecule has 1 atom stereocenters. The van der Waals surface area contributed by atoms with E-state index in [2.05, 4.69) is 26.1 Å². The first-order chi connectivity index (χ1) is 21.9. The summed E-state index contributed by atoms with van der Waals surface area (Å²) < 4.78 is 6.53. The van der Waals surface area contributed by atoms with Gasteiger partial charge in [-0.05, 0) is 77.4 Å². The van der Waals surface area contributed by atoms with Crippen molar-refractivity contribution in [2.45, 2.75) is 76.0 Å². The van der Waals surface area contributed by atoms with Gasteiger partial charge in [-0.3, -0.25) is 9.69 Å². The molecule has 1 saturated carbocycles. The minimum Gasteiger partial charge on any atom is -0.507 e.